The average molecular weight is 296 g/mol. The first-order chi connectivity index (χ1) is 9.89. The summed E-state index contributed by atoms with van der Waals surface area (Å²) < 4.78 is 15.9. The lowest BCUT2D eigenvalue weighted by molar-refractivity contribution is 0.0252. The van der Waals surface area contributed by atoms with Crippen molar-refractivity contribution in [1.82, 2.24) is 10.2 Å². The predicted molar refractivity (Wildman–Crippen MR) is 77.9 cm³/mol. The number of rotatable bonds is 4. The van der Waals surface area contributed by atoms with Crippen molar-refractivity contribution in [2.24, 2.45) is 0 Å². The Labute approximate surface area is 125 Å². The van der Waals surface area contributed by atoms with E-state index in [9.17, 15) is 4.79 Å². The van der Waals surface area contributed by atoms with E-state index >= 15 is 0 Å². The third kappa shape index (κ3) is 4.47. The fraction of sp³-hybridized carbons (Fsp3) is 0.667. The molecule has 2 atom stereocenters. The van der Waals surface area contributed by atoms with Crippen LogP contribution in [0.2, 0.25) is 0 Å². The van der Waals surface area contributed by atoms with Crippen LogP contribution in [0.15, 0.2) is 23.0 Å². The van der Waals surface area contributed by atoms with Crippen LogP contribution in [0.4, 0.5) is 4.79 Å². The summed E-state index contributed by atoms with van der Waals surface area (Å²) in [4.78, 5) is 13.8. The van der Waals surface area contributed by atoms with Gasteiger partial charge >= 0.3 is 6.09 Å². The van der Waals surface area contributed by atoms with Gasteiger partial charge in [-0.2, -0.15) is 0 Å². The molecule has 1 aliphatic heterocycles. The lowest BCUT2D eigenvalue weighted by Gasteiger charge is -2.24. The van der Waals surface area contributed by atoms with E-state index in [-0.39, 0.29) is 18.2 Å². The Morgan fingerprint density at radius 3 is 2.81 bits per heavy atom. The number of methoxy groups -OCH3 is 1. The smallest absolute Gasteiger partial charge is 0.410 e. The molecule has 0 bridgehead atoms. The van der Waals surface area contributed by atoms with Crippen molar-refractivity contribution in [2.45, 2.75) is 45.1 Å². The molecule has 118 valence electrons. The van der Waals surface area contributed by atoms with Crippen LogP contribution in [0.1, 0.15) is 26.3 Å². The highest BCUT2D eigenvalue weighted by Gasteiger charge is 2.37. The first-order valence-corrected chi connectivity index (χ1v) is 7.14. The molecule has 1 aromatic heterocycles. The van der Waals surface area contributed by atoms with E-state index in [1.54, 1.807) is 24.5 Å². The van der Waals surface area contributed by atoms with E-state index in [0.29, 0.717) is 19.6 Å². The van der Waals surface area contributed by atoms with Crippen LogP contribution >= 0.6 is 0 Å². The number of carbonyl (C=O) groups is 1. The second-order valence-electron chi connectivity index (χ2n) is 6.28. The molecule has 21 heavy (non-hydrogen) atoms. The van der Waals surface area contributed by atoms with Gasteiger partial charge in [-0.15, -0.1) is 0 Å². The Balaban J connectivity index is 1.89. The maximum Gasteiger partial charge on any atom is 0.410 e. The van der Waals surface area contributed by atoms with Crippen LogP contribution in [0, 0.1) is 0 Å². The van der Waals surface area contributed by atoms with Crippen LogP contribution in [-0.2, 0) is 16.0 Å². The third-order valence-corrected chi connectivity index (χ3v) is 3.37. The van der Waals surface area contributed by atoms with Gasteiger partial charge in [0.2, 0.25) is 0 Å². The molecule has 0 saturated carbocycles. The number of furan rings is 1. The average Bonchev–Trinajstić information content (AvgIpc) is 3.03. The fourth-order valence-corrected chi connectivity index (χ4v) is 2.33. The van der Waals surface area contributed by atoms with Gasteiger partial charge in [-0.1, -0.05) is 0 Å². The summed E-state index contributed by atoms with van der Waals surface area (Å²) in [6, 6.07) is 1.99. The highest BCUT2D eigenvalue weighted by atomic mass is 16.6. The van der Waals surface area contributed by atoms with Crippen molar-refractivity contribution in [3.8, 4) is 0 Å². The summed E-state index contributed by atoms with van der Waals surface area (Å²) in [5.41, 5.74) is 0.586. The zero-order chi connectivity index (χ0) is 15.5. The zero-order valence-electron chi connectivity index (χ0n) is 13.1. The first kappa shape index (κ1) is 15.9. The minimum atomic E-state index is -0.484. The summed E-state index contributed by atoms with van der Waals surface area (Å²) in [6.45, 7) is 7.39. The molecule has 6 nitrogen and oxygen atoms in total. The SMILES string of the molecule is CO[C@H]1CN(C(=O)OC(C)(C)C)C[C@@H]1NCc1ccoc1. The molecule has 1 fully saturated rings. The summed E-state index contributed by atoms with van der Waals surface area (Å²) in [7, 11) is 1.66. The molecule has 1 amide bonds. The fourth-order valence-electron chi connectivity index (χ4n) is 2.33. The van der Waals surface area contributed by atoms with Crippen LogP contribution in [0.5, 0.6) is 0 Å². The van der Waals surface area contributed by atoms with Gasteiger partial charge in [0.1, 0.15) is 5.60 Å². The van der Waals surface area contributed by atoms with Gasteiger partial charge in [0.15, 0.2) is 0 Å². The molecule has 0 unspecified atom stereocenters. The van der Waals surface area contributed by atoms with Crippen molar-refractivity contribution in [1.29, 1.82) is 0 Å². The molecular weight excluding hydrogens is 272 g/mol. The number of nitrogens with one attached hydrogen (secondary N) is 1. The lowest BCUT2D eigenvalue weighted by Crippen LogP contribution is -2.40. The maximum atomic E-state index is 12.1. The van der Waals surface area contributed by atoms with E-state index in [2.05, 4.69) is 5.32 Å². The number of carbonyl (C=O) groups excluding carboxylic acids is 1. The minimum absolute atomic E-state index is 0.0376. The van der Waals surface area contributed by atoms with E-state index in [0.717, 1.165) is 5.56 Å². The zero-order valence-corrected chi connectivity index (χ0v) is 13.1. The quantitative estimate of drug-likeness (QED) is 0.920. The van der Waals surface area contributed by atoms with Gasteiger partial charge in [0, 0.05) is 25.8 Å². The molecule has 1 aliphatic rings. The first-order valence-electron chi connectivity index (χ1n) is 7.14. The van der Waals surface area contributed by atoms with Crippen LogP contribution in [0.3, 0.4) is 0 Å². The van der Waals surface area contributed by atoms with Crippen molar-refractivity contribution in [2.75, 3.05) is 20.2 Å². The molecule has 2 rings (SSSR count). The summed E-state index contributed by atoms with van der Waals surface area (Å²) in [5, 5.41) is 3.40. The molecule has 1 saturated heterocycles. The van der Waals surface area contributed by atoms with Gasteiger partial charge in [0.05, 0.1) is 31.2 Å². The summed E-state index contributed by atoms with van der Waals surface area (Å²) in [5.74, 6) is 0. The van der Waals surface area contributed by atoms with E-state index < -0.39 is 5.60 Å². The van der Waals surface area contributed by atoms with Gasteiger partial charge < -0.3 is 24.1 Å². The molecule has 1 N–H and O–H groups in total. The molecule has 1 aromatic rings. The van der Waals surface area contributed by atoms with Gasteiger partial charge in [-0.05, 0) is 26.8 Å². The van der Waals surface area contributed by atoms with Crippen LogP contribution in [-0.4, -0.2) is 48.9 Å². The predicted octanol–water partition coefficient (Wildman–Crippen LogP) is 2.00. The molecule has 6 heteroatoms. The van der Waals surface area contributed by atoms with Gasteiger partial charge in [-0.3, -0.25) is 0 Å². The summed E-state index contributed by atoms with van der Waals surface area (Å²) in [6.07, 6.45) is 3.02. The Morgan fingerprint density at radius 1 is 1.48 bits per heavy atom. The Morgan fingerprint density at radius 2 is 2.24 bits per heavy atom. The number of hydrogen-bond acceptors (Lipinski definition) is 5. The van der Waals surface area contributed by atoms with E-state index in [4.69, 9.17) is 13.9 Å². The molecular formula is C15H24N2O4. The monoisotopic (exact) mass is 296 g/mol. The third-order valence-electron chi connectivity index (χ3n) is 3.37. The summed E-state index contributed by atoms with van der Waals surface area (Å²) >= 11 is 0. The second kappa shape index (κ2) is 6.49. The standard InChI is InChI=1S/C15H24N2O4/c1-15(2,3)21-14(18)17-8-12(13(9-17)19-4)16-7-11-5-6-20-10-11/h5-6,10,12-13,16H,7-9H2,1-4H3/t12-,13-/m0/s1. The number of likely N-dealkylation sites (tertiary alicyclic amines) is 1. The van der Waals surface area contributed by atoms with Crippen molar-refractivity contribution < 1.29 is 18.7 Å². The maximum absolute atomic E-state index is 12.1. The number of amides is 1. The topological polar surface area (TPSA) is 63.9 Å². The van der Waals surface area contributed by atoms with Crippen LogP contribution < -0.4 is 5.32 Å². The molecule has 0 aliphatic carbocycles. The van der Waals surface area contributed by atoms with Gasteiger partial charge in [-0.25, -0.2) is 4.79 Å². The van der Waals surface area contributed by atoms with Gasteiger partial charge in [0.25, 0.3) is 0 Å². The molecule has 0 radical (unpaired) electrons. The Kier molecular flexibility index (Phi) is 4.90. The number of hydrogen-bond donors (Lipinski definition) is 1. The lowest BCUT2D eigenvalue weighted by atomic mass is 10.2. The normalized spacial score (nSPS) is 22.6. The highest BCUT2D eigenvalue weighted by Crippen LogP contribution is 2.18. The molecule has 2 heterocycles. The molecule has 0 spiro atoms. The molecule has 0 aromatic carbocycles. The second-order valence-corrected chi connectivity index (χ2v) is 6.28. The van der Waals surface area contributed by atoms with Crippen molar-refractivity contribution in [3.05, 3.63) is 24.2 Å². The minimum Gasteiger partial charge on any atom is -0.472 e. The Hall–Kier alpha value is -1.53. The Bertz CT molecular complexity index is 453. The van der Waals surface area contributed by atoms with Crippen LogP contribution in [0.25, 0.3) is 0 Å². The largest absolute Gasteiger partial charge is 0.472 e. The highest BCUT2D eigenvalue weighted by molar-refractivity contribution is 5.68. The number of nitrogens with zero attached hydrogens (tertiary/aromatic N) is 1. The van der Waals surface area contributed by atoms with Crippen molar-refractivity contribution in [3.63, 3.8) is 0 Å². The van der Waals surface area contributed by atoms with E-state index in [1.807, 2.05) is 26.8 Å². The van der Waals surface area contributed by atoms with Crippen molar-refractivity contribution >= 4 is 6.09 Å². The van der Waals surface area contributed by atoms with E-state index in [1.165, 1.54) is 0 Å². The number of ether oxygens (including phenoxy) is 2.